The highest BCUT2D eigenvalue weighted by molar-refractivity contribution is 7.47. The van der Waals surface area contributed by atoms with Gasteiger partial charge in [-0.25, -0.2) is 4.57 Å². The summed E-state index contributed by atoms with van der Waals surface area (Å²) in [5, 5.41) is 3.04. The van der Waals surface area contributed by atoms with Crippen LogP contribution in [0.5, 0.6) is 0 Å². The molecule has 0 aliphatic carbocycles. The number of nitrogens with one attached hydrogen (secondary N) is 1. The van der Waals surface area contributed by atoms with Crippen LogP contribution in [0.15, 0.2) is 60.8 Å². The van der Waals surface area contributed by atoms with Gasteiger partial charge < -0.3 is 19.4 Å². The number of quaternary nitrogens is 1. The van der Waals surface area contributed by atoms with E-state index in [0.717, 1.165) is 89.9 Å². The Morgan fingerprint density at radius 2 is 0.889 bits per heavy atom. The van der Waals surface area contributed by atoms with Gasteiger partial charge >= 0.3 is 13.8 Å². The fraction of sp³-hybridized carbons (Fsp3) is 0.806. The zero-order chi connectivity index (χ0) is 52.9. The van der Waals surface area contributed by atoms with E-state index >= 15 is 0 Å². The summed E-state index contributed by atoms with van der Waals surface area (Å²) in [7, 11) is 1.48. The van der Waals surface area contributed by atoms with Crippen molar-refractivity contribution in [3.63, 3.8) is 0 Å². The van der Waals surface area contributed by atoms with Crippen LogP contribution in [0.4, 0.5) is 0 Å². The lowest BCUT2D eigenvalue weighted by atomic mass is 10.0. The molecular formula is C62H116N2O7P+. The van der Waals surface area contributed by atoms with Crippen LogP contribution >= 0.6 is 7.82 Å². The highest BCUT2D eigenvalue weighted by Gasteiger charge is 2.30. The van der Waals surface area contributed by atoms with Gasteiger partial charge in [0, 0.05) is 12.8 Å². The molecule has 3 unspecified atom stereocenters. The smallest absolute Gasteiger partial charge is 0.456 e. The first kappa shape index (κ1) is 69.7. The van der Waals surface area contributed by atoms with Crippen LogP contribution in [0.2, 0.25) is 0 Å². The molecule has 0 saturated heterocycles. The first-order chi connectivity index (χ1) is 34.9. The van der Waals surface area contributed by atoms with Crippen LogP contribution < -0.4 is 5.32 Å². The van der Waals surface area contributed by atoms with Gasteiger partial charge in [-0.3, -0.25) is 18.6 Å². The Balaban J connectivity index is 5.21. The molecule has 0 spiro atoms. The Bertz CT molecular complexity index is 1420. The molecule has 0 rings (SSSR count). The standard InChI is InChI=1S/C62H115N2O7P/c1-7-10-13-16-19-22-25-27-29-30-31-32-33-34-35-37-40-43-46-49-52-55-62(66)71-60(53-50-47-44-41-38-24-21-18-15-12-9-3)59(58-70-72(67,68)69-57-56-64(4,5)6)63-61(65)54-51-48-45-42-39-36-28-26-23-20-17-14-11-8-2/h11,14,20,23,27-29,36,50,53,59-60H,7-10,12-13,15-19,21-22,24-26,30-35,37-49,51-52,54-58H2,1-6H3,(H-,63,65,67,68)/p+1/b14-11+,23-20+,29-27+,36-28+,53-50-. The fourth-order valence-corrected chi connectivity index (χ4v) is 9.27. The number of rotatable bonds is 54. The predicted octanol–water partition coefficient (Wildman–Crippen LogP) is 18.3. The van der Waals surface area contributed by atoms with Crippen molar-refractivity contribution >= 4 is 19.7 Å². The second kappa shape index (κ2) is 52.2. The van der Waals surface area contributed by atoms with Crippen molar-refractivity contribution in [2.75, 3.05) is 40.9 Å². The van der Waals surface area contributed by atoms with Gasteiger partial charge in [0.2, 0.25) is 5.91 Å². The molecule has 0 heterocycles. The molecular weight excluding hydrogens is 916 g/mol. The van der Waals surface area contributed by atoms with Crippen LogP contribution in [-0.4, -0.2) is 74.3 Å². The molecule has 0 radical (unpaired) electrons. The molecule has 0 saturated carbocycles. The molecule has 3 atom stereocenters. The van der Waals surface area contributed by atoms with E-state index in [1.807, 2.05) is 33.3 Å². The second-order valence-corrected chi connectivity index (χ2v) is 22.9. The number of hydrogen-bond acceptors (Lipinski definition) is 6. The maximum Gasteiger partial charge on any atom is 0.472 e. The Labute approximate surface area is 445 Å². The third-order valence-electron chi connectivity index (χ3n) is 13.2. The van der Waals surface area contributed by atoms with E-state index in [1.165, 1.54) is 148 Å². The minimum atomic E-state index is -4.45. The molecule has 2 N–H and O–H groups in total. The van der Waals surface area contributed by atoms with E-state index in [-0.39, 0.29) is 31.5 Å². The summed E-state index contributed by atoms with van der Waals surface area (Å²) in [5.74, 6) is -0.529. The molecule has 10 heteroatoms. The van der Waals surface area contributed by atoms with Crippen molar-refractivity contribution in [3.05, 3.63) is 60.8 Å². The molecule has 9 nitrogen and oxygen atoms in total. The number of esters is 1. The van der Waals surface area contributed by atoms with Crippen LogP contribution in [0.25, 0.3) is 0 Å². The van der Waals surface area contributed by atoms with Crippen molar-refractivity contribution in [3.8, 4) is 0 Å². The number of phosphoric acid groups is 1. The molecule has 0 aromatic carbocycles. The number of likely N-dealkylation sites (N-methyl/N-ethyl adjacent to an activating group) is 1. The van der Waals surface area contributed by atoms with Gasteiger partial charge in [0.25, 0.3) is 0 Å². The number of nitrogens with zero attached hydrogens (tertiary/aromatic N) is 1. The SMILES string of the molecule is CC/C=C/C/C=C/C/C=C/CCCCCCC(=O)NC(COP(=O)(O)OCC[N+](C)(C)C)C(/C=C\CCCCCCCCCCC)OC(=O)CCCCCCCCCCCCC/C=C/CCCCCCCC. The van der Waals surface area contributed by atoms with Gasteiger partial charge in [0.05, 0.1) is 33.8 Å². The minimum Gasteiger partial charge on any atom is -0.456 e. The number of carbonyl (C=O) groups is 2. The van der Waals surface area contributed by atoms with Crippen molar-refractivity contribution in [2.24, 2.45) is 0 Å². The quantitative estimate of drug-likeness (QED) is 0.0205. The number of allylic oxidation sites excluding steroid dienone is 9. The monoisotopic (exact) mass is 1030 g/mol. The number of hydrogen-bond donors (Lipinski definition) is 2. The molecule has 0 aromatic rings. The summed E-state index contributed by atoms with van der Waals surface area (Å²) in [5.41, 5.74) is 0. The Morgan fingerprint density at radius 1 is 0.500 bits per heavy atom. The zero-order valence-corrected chi connectivity index (χ0v) is 48.8. The number of carbonyl (C=O) groups excluding carboxylic acids is 2. The summed E-state index contributed by atoms with van der Waals surface area (Å²) in [4.78, 5) is 37.6. The van der Waals surface area contributed by atoms with Crippen LogP contribution in [0.3, 0.4) is 0 Å². The first-order valence-corrected chi connectivity index (χ1v) is 31.6. The summed E-state index contributed by atoms with van der Waals surface area (Å²) in [6.45, 7) is 6.88. The number of amides is 1. The van der Waals surface area contributed by atoms with E-state index < -0.39 is 20.0 Å². The Morgan fingerprint density at radius 3 is 1.35 bits per heavy atom. The summed E-state index contributed by atoms with van der Waals surface area (Å²) < 4.78 is 30.6. The molecule has 0 aromatic heterocycles. The fourth-order valence-electron chi connectivity index (χ4n) is 8.54. The van der Waals surface area contributed by atoms with Gasteiger partial charge in [-0.1, -0.05) is 230 Å². The van der Waals surface area contributed by atoms with Crippen LogP contribution in [0, 0.1) is 0 Å². The molecule has 0 aliphatic heterocycles. The lowest BCUT2D eigenvalue weighted by molar-refractivity contribution is -0.870. The van der Waals surface area contributed by atoms with E-state index in [2.05, 4.69) is 74.7 Å². The topological polar surface area (TPSA) is 111 Å². The lowest BCUT2D eigenvalue weighted by Crippen LogP contribution is -2.47. The van der Waals surface area contributed by atoms with E-state index in [0.29, 0.717) is 17.4 Å². The van der Waals surface area contributed by atoms with Gasteiger partial charge in [-0.15, -0.1) is 0 Å². The molecule has 0 bridgehead atoms. The highest BCUT2D eigenvalue weighted by atomic mass is 31.2. The van der Waals surface area contributed by atoms with E-state index in [4.69, 9.17) is 13.8 Å². The van der Waals surface area contributed by atoms with Gasteiger partial charge in [-0.2, -0.15) is 0 Å². The van der Waals surface area contributed by atoms with E-state index in [1.54, 1.807) is 0 Å². The summed E-state index contributed by atoms with van der Waals surface area (Å²) in [6.07, 6.45) is 65.1. The summed E-state index contributed by atoms with van der Waals surface area (Å²) in [6, 6.07) is -0.860. The third-order valence-corrected chi connectivity index (χ3v) is 14.2. The van der Waals surface area contributed by atoms with Crippen LogP contribution in [-0.2, 0) is 27.9 Å². The zero-order valence-electron chi connectivity index (χ0n) is 47.9. The number of phosphoric ester groups is 1. The molecule has 72 heavy (non-hydrogen) atoms. The molecule has 420 valence electrons. The maximum atomic E-state index is 13.5. The van der Waals surface area contributed by atoms with Crippen molar-refractivity contribution in [2.45, 2.75) is 283 Å². The average molecular weight is 1030 g/mol. The number of unbranched alkanes of at least 4 members (excludes halogenated alkanes) is 30. The summed E-state index contributed by atoms with van der Waals surface area (Å²) >= 11 is 0. The first-order valence-electron chi connectivity index (χ1n) is 30.1. The second-order valence-electron chi connectivity index (χ2n) is 21.5. The minimum absolute atomic E-state index is 0.0345. The molecule has 1 amide bonds. The third kappa shape index (κ3) is 52.6. The molecule has 0 aliphatic rings. The van der Waals surface area contributed by atoms with Crippen molar-refractivity contribution in [1.82, 2.24) is 5.32 Å². The van der Waals surface area contributed by atoms with Crippen molar-refractivity contribution < 1.29 is 37.3 Å². The average Bonchev–Trinajstić information content (AvgIpc) is 3.34. The van der Waals surface area contributed by atoms with Gasteiger partial charge in [-0.05, 0) is 89.5 Å². The highest BCUT2D eigenvalue weighted by Crippen LogP contribution is 2.43. The van der Waals surface area contributed by atoms with Crippen LogP contribution in [0.1, 0.15) is 271 Å². The van der Waals surface area contributed by atoms with Gasteiger partial charge in [0.15, 0.2) is 0 Å². The maximum absolute atomic E-state index is 13.5. The normalized spacial score (nSPS) is 14.2. The Hall–Kier alpha value is -2.29. The Kier molecular flexibility index (Phi) is 50.5. The predicted molar refractivity (Wildman–Crippen MR) is 309 cm³/mol. The van der Waals surface area contributed by atoms with Crippen molar-refractivity contribution in [1.29, 1.82) is 0 Å². The van der Waals surface area contributed by atoms with E-state index in [9.17, 15) is 19.0 Å². The molecule has 0 fully saturated rings. The number of ether oxygens (including phenoxy) is 1. The lowest BCUT2D eigenvalue weighted by Gasteiger charge is -2.27. The largest absolute Gasteiger partial charge is 0.472 e. The van der Waals surface area contributed by atoms with Gasteiger partial charge in [0.1, 0.15) is 19.3 Å².